The summed E-state index contributed by atoms with van der Waals surface area (Å²) in [5.41, 5.74) is 17.0. The molecule has 8 aromatic rings. The lowest BCUT2D eigenvalue weighted by Crippen LogP contribution is -2.27. The number of rotatable bonds is 1. The number of carbonyl (C=O) groups excluding carboxylic acids is 1. The smallest absolute Gasteiger partial charge is 0.264 e. The predicted molar refractivity (Wildman–Crippen MR) is 226 cm³/mol. The minimum absolute atomic E-state index is 0.00388. The van der Waals surface area contributed by atoms with Crippen LogP contribution in [0.3, 0.4) is 0 Å². The molecule has 2 unspecified atom stereocenters. The van der Waals surface area contributed by atoms with E-state index in [2.05, 4.69) is 81.1 Å². The second kappa shape index (κ2) is 11.1. The number of nitrogens with zero attached hydrogens (tertiary/aromatic N) is 4. The standard InChI is InChI=1S/C46H26N4O2.C4H8/c1-22-24-12-19-32-42-31(44-48-37-7-3-5-9-39(37)50(44)46(32)52)18-16-28(41(24)42)27-15-13-26-25-14-17-29-34-21-33(25)23(20-35(26)40(22)27)10-11-30(34)45(51)49-38-8-4-2-6-36(38)47-43(29)49;1-3-4-2/h2-19,21-22,34H,20H2,1H3;3H,1,4H2,2H3. The highest BCUT2D eigenvalue weighted by molar-refractivity contribution is 6.21. The first-order valence-electron chi connectivity index (χ1n) is 19.4. The van der Waals surface area contributed by atoms with Gasteiger partial charge in [-0.15, -0.1) is 6.58 Å². The summed E-state index contributed by atoms with van der Waals surface area (Å²) in [6.45, 7) is 7.86. The van der Waals surface area contributed by atoms with Gasteiger partial charge < -0.3 is 0 Å². The molecule has 266 valence electrons. The Morgan fingerprint density at radius 3 is 2.29 bits per heavy atom. The van der Waals surface area contributed by atoms with Gasteiger partial charge in [-0.25, -0.2) is 9.97 Å². The third kappa shape index (κ3) is 3.85. The van der Waals surface area contributed by atoms with Gasteiger partial charge in [0, 0.05) is 39.1 Å². The van der Waals surface area contributed by atoms with Crippen LogP contribution in [0.5, 0.6) is 0 Å². The lowest BCUT2D eigenvalue weighted by Gasteiger charge is -2.34. The average Bonchev–Trinajstić information content (AvgIpc) is 3.67. The Labute approximate surface area is 321 Å². The van der Waals surface area contributed by atoms with Crippen molar-refractivity contribution in [3.8, 4) is 11.1 Å². The van der Waals surface area contributed by atoms with Gasteiger partial charge in [0.25, 0.3) is 11.5 Å². The van der Waals surface area contributed by atoms with Crippen molar-refractivity contribution >= 4 is 66.3 Å². The molecule has 2 bridgehead atoms. The van der Waals surface area contributed by atoms with Crippen LogP contribution in [0.1, 0.15) is 59.1 Å². The number of benzene rings is 5. The number of carbonyl (C=O) groups is 1. The summed E-state index contributed by atoms with van der Waals surface area (Å²) in [5, 5.41) is 3.90. The quantitative estimate of drug-likeness (QED) is 0.158. The van der Waals surface area contributed by atoms with Crippen LogP contribution in [0.15, 0.2) is 149 Å². The molecule has 0 fully saturated rings. The minimum atomic E-state index is -0.158. The van der Waals surface area contributed by atoms with Crippen LogP contribution < -0.4 is 5.56 Å². The molecule has 0 amide bonds. The number of para-hydroxylation sites is 4. The fourth-order valence-corrected chi connectivity index (χ4v) is 10.2. The highest BCUT2D eigenvalue weighted by Crippen LogP contribution is 2.54. The average molecular weight is 723 g/mol. The van der Waals surface area contributed by atoms with Gasteiger partial charge in [-0.1, -0.05) is 98.8 Å². The first-order valence-corrected chi connectivity index (χ1v) is 19.4. The molecule has 56 heavy (non-hydrogen) atoms. The number of aromatic nitrogens is 4. The zero-order valence-electron chi connectivity index (χ0n) is 30.9. The molecule has 0 spiro atoms. The number of hydrogen-bond donors (Lipinski definition) is 0. The van der Waals surface area contributed by atoms with Crippen LogP contribution in [-0.4, -0.2) is 24.8 Å². The van der Waals surface area contributed by atoms with Crippen molar-refractivity contribution in [3.63, 3.8) is 0 Å². The Morgan fingerprint density at radius 2 is 1.46 bits per heavy atom. The molecule has 13 rings (SSSR count). The predicted octanol–water partition coefficient (Wildman–Crippen LogP) is 10.8. The number of pyridine rings is 1. The molecular formula is C50H34N4O2. The number of fused-ring (bicyclic) bond motifs is 13. The molecular weight excluding hydrogens is 689 g/mol. The largest absolute Gasteiger partial charge is 0.269 e. The van der Waals surface area contributed by atoms with E-state index >= 15 is 0 Å². The summed E-state index contributed by atoms with van der Waals surface area (Å²) in [6, 6.07) is 29.0. The molecule has 0 radical (unpaired) electrons. The SMILES string of the molecule is C=CCC.CC1c2c(ccc3c2CC2=CC=C4C(=O)n5c(nc6ccccc65)C5=CC=C3C2=CC45)-c2ccc3c4c2c1ccc4c(=O)n1c2ccccc2nc31. The van der Waals surface area contributed by atoms with Gasteiger partial charge in [-0.3, -0.25) is 18.6 Å². The molecule has 4 heterocycles. The van der Waals surface area contributed by atoms with Crippen molar-refractivity contribution in [3.05, 3.63) is 183 Å². The molecule has 5 aliphatic rings. The van der Waals surface area contributed by atoms with Gasteiger partial charge in [-0.2, -0.15) is 0 Å². The van der Waals surface area contributed by atoms with Gasteiger partial charge in [0.2, 0.25) is 0 Å². The van der Waals surface area contributed by atoms with Crippen molar-refractivity contribution in [2.24, 2.45) is 5.92 Å². The topological polar surface area (TPSA) is 69.3 Å². The van der Waals surface area contributed by atoms with E-state index in [4.69, 9.17) is 9.97 Å². The maximum atomic E-state index is 14.2. The van der Waals surface area contributed by atoms with Gasteiger partial charge >= 0.3 is 0 Å². The Balaban J connectivity index is 0.000000828. The minimum Gasteiger partial charge on any atom is -0.269 e. The molecule has 3 aromatic heterocycles. The summed E-state index contributed by atoms with van der Waals surface area (Å²) in [7, 11) is 0. The summed E-state index contributed by atoms with van der Waals surface area (Å²) in [5.74, 6) is 0.672. The van der Waals surface area contributed by atoms with Crippen molar-refractivity contribution in [1.82, 2.24) is 18.9 Å². The molecule has 1 aliphatic heterocycles. The first-order chi connectivity index (χ1) is 27.5. The van der Waals surface area contributed by atoms with Crippen LogP contribution in [0, 0.1) is 5.92 Å². The molecule has 0 saturated heterocycles. The van der Waals surface area contributed by atoms with Crippen LogP contribution in [0.4, 0.5) is 0 Å². The van der Waals surface area contributed by atoms with Gasteiger partial charge in [0.1, 0.15) is 11.5 Å². The zero-order chi connectivity index (χ0) is 37.6. The third-order valence-electron chi connectivity index (χ3n) is 12.7. The normalized spacial score (nSPS) is 18.5. The zero-order valence-corrected chi connectivity index (χ0v) is 30.9. The fraction of sp³-hybridized carbons (Fsp3) is 0.120. The Kier molecular flexibility index (Phi) is 6.22. The number of hydrogen-bond acceptors (Lipinski definition) is 4. The number of imidazole rings is 2. The summed E-state index contributed by atoms with van der Waals surface area (Å²) >= 11 is 0. The van der Waals surface area contributed by atoms with Crippen LogP contribution >= 0.6 is 0 Å². The van der Waals surface area contributed by atoms with Crippen molar-refractivity contribution in [2.45, 2.75) is 32.6 Å². The highest BCUT2D eigenvalue weighted by Gasteiger charge is 2.40. The van der Waals surface area contributed by atoms with E-state index in [1.165, 1.54) is 50.1 Å². The second-order valence-electron chi connectivity index (χ2n) is 15.5. The van der Waals surface area contributed by atoms with E-state index in [0.29, 0.717) is 5.65 Å². The van der Waals surface area contributed by atoms with Crippen LogP contribution in [0.25, 0.3) is 71.5 Å². The summed E-state index contributed by atoms with van der Waals surface area (Å²) in [4.78, 5) is 38.3. The van der Waals surface area contributed by atoms with E-state index in [1.807, 2.05) is 60.7 Å². The molecule has 4 aliphatic carbocycles. The van der Waals surface area contributed by atoms with E-state index in [9.17, 15) is 9.59 Å². The molecule has 6 nitrogen and oxygen atoms in total. The molecule has 5 aromatic carbocycles. The van der Waals surface area contributed by atoms with E-state index < -0.39 is 0 Å². The molecule has 6 heteroatoms. The molecule has 2 atom stereocenters. The first kappa shape index (κ1) is 31.4. The van der Waals surface area contributed by atoms with E-state index in [1.54, 1.807) is 8.97 Å². The summed E-state index contributed by atoms with van der Waals surface area (Å²) in [6.07, 6.45) is 14.7. The molecule has 0 saturated carbocycles. The monoisotopic (exact) mass is 722 g/mol. The Hall–Kier alpha value is -6.92. The van der Waals surface area contributed by atoms with Crippen LogP contribution in [0.2, 0.25) is 0 Å². The Bertz CT molecular complexity index is 3400. The maximum Gasteiger partial charge on any atom is 0.264 e. The van der Waals surface area contributed by atoms with Gasteiger partial charge in [0.15, 0.2) is 0 Å². The van der Waals surface area contributed by atoms with E-state index in [0.717, 1.165) is 73.4 Å². The molecule has 0 N–H and O–H groups in total. The Morgan fingerprint density at radius 1 is 0.750 bits per heavy atom. The summed E-state index contributed by atoms with van der Waals surface area (Å²) < 4.78 is 3.58. The second-order valence-corrected chi connectivity index (χ2v) is 15.5. The van der Waals surface area contributed by atoms with Gasteiger partial charge in [-0.05, 0) is 105 Å². The van der Waals surface area contributed by atoms with Crippen molar-refractivity contribution in [1.29, 1.82) is 0 Å². The van der Waals surface area contributed by atoms with Crippen LogP contribution in [-0.2, 0) is 6.42 Å². The lowest BCUT2D eigenvalue weighted by atomic mass is 9.69. The lowest BCUT2D eigenvalue weighted by molar-refractivity contribution is 0.0947. The maximum absolute atomic E-state index is 14.2. The fourth-order valence-electron chi connectivity index (χ4n) is 10.2. The highest BCUT2D eigenvalue weighted by atomic mass is 16.2. The van der Waals surface area contributed by atoms with Gasteiger partial charge in [0.05, 0.1) is 22.1 Å². The third-order valence-corrected chi connectivity index (χ3v) is 12.7. The van der Waals surface area contributed by atoms with Crippen molar-refractivity contribution in [2.75, 3.05) is 0 Å². The van der Waals surface area contributed by atoms with Crippen molar-refractivity contribution < 1.29 is 4.79 Å². The number of allylic oxidation sites excluding steroid dienone is 11. The van der Waals surface area contributed by atoms with E-state index in [-0.39, 0.29) is 23.3 Å².